The number of rotatable bonds is 8. The van der Waals surface area contributed by atoms with E-state index in [1.54, 1.807) is 0 Å². The van der Waals surface area contributed by atoms with Crippen LogP contribution >= 0.6 is 0 Å². The Kier molecular flexibility index (Phi) is 6.41. The molecule has 1 rings (SSSR count). The van der Waals surface area contributed by atoms with Gasteiger partial charge in [0.05, 0.1) is 0 Å². The Labute approximate surface area is 119 Å². The van der Waals surface area contributed by atoms with Crippen LogP contribution in [0.5, 0.6) is 0 Å². The Balaban J connectivity index is 2.71. The van der Waals surface area contributed by atoms with Crippen molar-refractivity contribution in [1.82, 2.24) is 4.98 Å². The molecule has 3 N–H and O–H groups in total. The number of unbranched alkanes of at least 4 members (excludes halogenated alkanes) is 3. The standard InChI is InChI=1S/C13H17F3N2O3/c14-13(15,16)10-6-5-9(12(20)21)11(18-10)17-7-3-1-2-4-8-19/h5-6,19H,1-4,7-8H2,(H,17,18)(H,20,21). The Morgan fingerprint density at radius 2 is 1.86 bits per heavy atom. The first kappa shape index (κ1) is 17.2. The lowest BCUT2D eigenvalue weighted by molar-refractivity contribution is -0.141. The lowest BCUT2D eigenvalue weighted by atomic mass is 10.2. The Morgan fingerprint density at radius 1 is 1.19 bits per heavy atom. The van der Waals surface area contributed by atoms with Gasteiger partial charge in [-0.1, -0.05) is 12.8 Å². The number of halogens is 3. The first-order chi connectivity index (χ1) is 9.86. The van der Waals surface area contributed by atoms with E-state index in [0.717, 1.165) is 18.9 Å². The minimum Gasteiger partial charge on any atom is -0.478 e. The third kappa shape index (κ3) is 5.58. The van der Waals surface area contributed by atoms with Gasteiger partial charge in [0.25, 0.3) is 0 Å². The normalized spacial score (nSPS) is 11.4. The highest BCUT2D eigenvalue weighted by molar-refractivity contribution is 5.93. The average molecular weight is 306 g/mol. The molecule has 0 atom stereocenters. The van der Waals surface area contributed by atoms with Crippen LogP contribution in [0.2, 0.25) is 0 Å². The molecule has 0 amide bonds. The minimum absolute atomic E-state index is 0.103. The fourth-order valence-corrected chi connectivity index (χ4v) is 1.72. The number of aliphatic hydroxyl groups is 1. The molecule has 0 aliphatic heterocycles. The SMILES string of the molecule is O=C(O)c1ccc(C(F)(F)F)nc1NCCCCCCO. The first-order valence-electron chi connectivity index (χ1n) is 6.52. The summed E-state index contributed by atoms with van der Waals surface area (Å²) in [6.07, 6.45) is -1.71. The van der Waals surface area contributed by atoms with Crippen molar-refractivity contribution in [2.75, 3.05) is 18.5 Å². The van der Waals surface area contributed by atoms with Gasteiger partial charge in [-0.2, -0.15) is 13.2 Å². The number of pyridine rings is 1. The number of anilines is 1. The number of nitrogens with one attached hydrogen (secondary N) is 1. The van der Waals surface area contributed by atoms with Gasteiger partial charge in [0.15, 0.2) is 0 Å². The molecule has 1 aromatic heterocycles. The molecule has 1 aromatic rings. The third-order valence-electron chi connectivity index (χ3n) is 2.79. The quantitative estimate of drug-likeness (QED) is 0.643. The van der Waals surface area contributed by atoms with Crippen LogP contribution in [0.15, 0.2) is 12.1 Å². The van der Waals surface area contributed by atoms with Crippen LogP contribution in [0.25, 0.3) is 0 Å². The molecule has 0 aromatic carbocycles. The average Bonchev–Trinajstić information content (AvgIpc) is 2.41. The number of carboxylic acids is 1. The summed E-state index contributed by atoms with van der Waals surface area (Å²) in [5, 5.41) is 20.2. The minimum atomic E-state index is -4.62. The summed E-state index contributed by atoms with van der Waals surface area (Å²) in [7, 11) is 0. The summed E-state index contributed by atoms with van der Waals surface area (Å²) < 4.78 is 37.7. The van der Waals surface area contributed by atoms with E-state index in [4.69, 9.17) is 10.2 Å². The van der Waals surface area contributed by atoms with Crippen molar-refractivity contribution in [2.24, 2.45) is 0 Å². The van der Waals surface area contributed by atoms with E-state index in [2.05, 4.69) is 10.3 Å². The number of aromatic nitrogens is 1. The zero-order valence-corrected chi connectivity index (χ0v) is 11.3. The van der Waals surface area contributed by atoms with Crippen LogP contribution in [-0.4, -0.2) is 34.3 Å². The number of carboxylic acid groups (broad SMARTS) is 1. The van der Waals surface area contributed by atoms with Crippen molar-refractivity contribution in [3.8, 4) is 0 Å². The van der Waals surface area contributed by atoms with Gasteiger partial charge in [0, 0.05) is 13.2 Å². The molecule has 21 heavy (non-hydrogen) atoms. The van der Waals surface area contributed by atoms with Crippen molar-refractivity contribution >= 4 is 11.8 Å². The second kappa shape index (κ2) is 7.82. The van der Waals surface area contributed by atoms with Gasteiger partial charge < -0.3 is 15.5 Å². The number of carbonyl (C=O) groups is 1. The van der Waals surface area contributed by atoms with Gasteiger partial charge in [-0.15, -0.1) is 0 Å². The van der Waals surface area contributed by atoms with Gasteiger partial charge in [-0.3, -0.25) is 0 Å². The Bertz CT molecular complexity index is 478. The second-order valence-corrected chi connectivity index (χ2v) is 4.46. The molecule has 0 saturated carbocycles. The molecule has 8 heteroatoms. The highest BCUT2D eigenvalue weighted by atomic mass is 19.4. The largest absolute Gasteiger partial charge is 0.478 e. The number of nitrogens with zero attached hydrogens (tertiary/aromatic N) is 1. The monoisotopic (exact) mass is 306 g/mol. The molecule has 0 radical (unpaired) electrons. The summed E-state index contributed by atoms with van der Waals surface area (Å²) in [4.78, 5) is 14.3. The smallest absolute Gasteiger partial charge is 0.433 e. The van der Waals surface area contributed by atoms with Crippen molar-refractivity contribution in [3.05, 3.63) is 23.4 Å². The molecule has 0 spiro atoms. The van der Waals surface area contributed by atoms with Crippen LogP contribution in [0.3, 0.4) is 0 Å². The van der Waals surface area contributed by atoms with Crippen molar-refractivity contribution < 1.29 is 28.2 Å². The maximum Gasteiger partial charge on any atom is 0.433 e. The summed E-state index contributed by atoms with van der Waals surface area (Å²) in [5.41, 5.74) is -1.42. The van der Waals surface area contributed by atoms with Crippen LogP contribution in [-0.2, 0) is 6.18 Å². The van der Waals surface area contributed by atoms with Crippen molar-refractivity contribution in [2.45, 2.75) is 31.9 Å². The number of aliphatic hydroxyl groups excluding tert-OH is 1. The number of alkyl halides is 3. The highest BCUT2D eigenvalue weighted by Crippen LogP contribution is 2.29. The van der Waals surface area contributed by atoms with E-state index in [9.17, 15) is 18.0 Å². The lowest BCUT2D eigenvalue weighted by Crippen LogP contribution is -2.14. The fourth-order valence-electron chi connectivity index (χ4n) is 1.72. The highest BCUT2D eigenvalue weighted by Gasteiger charge is 2.33. The van der Waals surface area contributed by atoms with Crippen LogP contribution in [0.4, 0.5) is 19.0 Å². The molecule has 0 aliphatic rings. The van der Waals surface area contributed by atoms with E-state index in [1.165, 1.54) is 0 Å². The summed E-state index contributed by atoms with van der Waals surface area (Å²) in [5.74, 6) is -1.61. The van der Waals surface area contributed by atoms with Crippen LogP contribution in [0.1, 0.15) is 41.7 Å². The molecule has 0 bridgehead atoms. The lowest BCUT2D eigenvalue weighted by Gasteiger charge is -2.12. The maximum absolute atomic E-state index is 12.6. The zero-order chi connectivity index (χ0) is 15.9. The fraction of sp³-hybridized carbons (Fsp3) is 0.538. The Hall–Kier alpha value is -1.83. The van der Waals surface area contributed by atoms with Crippen LogP contribution in [0, 0.1) is 0 Å². The van der Waals surface area contributed by atoms with E-state index >= 15 is 0 Å². The molecule has 1 heterocycles. The van der Waals surface area contributed by atoms with Gasteiger partial charge in [-0.25, -0.2) is 9.78 Å². The number of aromatic carboxylic acids is 1. The molecule has 0 fully saturated rings. The predicted molar refractivity (Wildman–Crippen MR) is 70.2 cm³/mol. The van der Waals surface area contributed by atoms with E-state index < -0.39 is 17.8 Å². The van der Waals surface area contributed by atoms with Crippen molar-refractivity contribution in [3.63, 3.8) is 0 Å². The number of hydrogen-bond donors (Lipinski definition) is 3. The summed E-state index contributed by atoms with van der Waals surface area (Å²) >= 11 is 0. The molecular weight excluding hydrogens is 289 g/mol. The van der Waals surface area contributed by atoms with Crippen molar-refractivity contribution in [1.29, 1.82) is 0 Å². The third-order valence-corrected chi connectivity index (χ3v) is 2.79. The van der Waals surface area contributed by atoms with E-state index in [0.29, 0.717) is 25.5 Å². The molecule has 0 saturated heterocycles. The second-order valence-electron chi connectivity index (χ2n) is 4.46. The zero-order valence-electron chi connectivity index (χ0n) is 11.3. The predicted octanol–water partition coefficient (Wildman–Crippen LogP) is 2.76. The van der Waals surface area contributed by atoms with E-state index in [-0.39, 0.29) is 18.0 Å². The van der Waals surface area contributed by atoms with Gasteiger partial charge >= 0.3 is 12.1 Å². The molecular formula is C13H17F3N2O3. The van der Waals surface area contributed by atoms with E-state index in [1.807, 2.05) is 0 Å². The van der Waals surface area contributed by atoms with Crippen LogP contribution < -0.4 is 5.32 Å². The van der Waals surface area contributed by atoms with Gasteiger partial charge in [0.1, 0.15) is 17.1 Å². The maximum atomic E-state index is 12.6. The molecule has 0 unspecified atom stereocenters. The first-order valence-corrected chi connectivity index (χ1v) is 6.52. The molecule has 5 nitrogen and oxygen atoms in total. The topological polar surface area (TPSA) is 82.5 Å². The summed E-state index contributed by atoms with van der Waals surface area (Å²) in [6, 6.07) is 1.54. The van der Waals surface area contributed by atoms with Gasteiger partial charge in [0.2, 0.25) is 0 Å². The Morgan fingerprint density at radius 3 is 2.43 bits per heavy atom. The summed E-state index contributed by atoms with van der Waals surface area (Å²) in [6.45, 7) is 0.422. The number of hydrogen-bond acceptors (Lipinski definition) is 4. The molecule has 118 valence electrons. The van der Waals surface area contributed by atoms with Gasteiger partial charge in [-0.05, 0) is 25.0 Å². The molecule has 0 aliphatic carbocycles.